The topological polar surface area (TPSA) is 94.7 Å². The number of hydrogen-bond donors (Lipinski definition) is 1. The zero-order valence-electron chi connectivity index (χ0n) is 34.2. The van der Waals surface area contributed by atoms with Gasteiger partial charge in [0.2, 0.25) is 10.0 Å². The number of carbonyl (C=O) groups excluding carboxylic acids is 1. The first-order valence-corrected chi connectivity index (χ1v) is 22.1. The molecule has 3 rings (SSSR count). The van der Waals surface area contributed by atoms with Crippen LogP contribution in [-0.4, -0.2) is 121 Å². The van der Waals surface area contributed by atoms with Crippen molar-refractivity contribution in [2.75, 3.05) is 102 Å². The van der Waals surface area contributed by atoms with E-state index in [4.69, 9.17) is 9.47 Å². The van der Waals surface area contributed by atoms with Crippen LogP contribution < -0.4 is 15.0 Å². The lowest BCUT2D eigenvalue weighted by atomic mass is 10.1. The maximum absolute atomic E-state index is 13.1. The van der Waals surface area contributed by atoms with E-state index in [1.165, 1.54) is 28.2 Å². The van der Waals surface area contributed by atoms with Crippen LogP contribution in [0.15, 0.2) is 65.6 Å². The van der Waals surface area contributed by atoms with Gasteiger partial charge in [-0.25, -0.2) is 8.42 Å². The Hall–Kier alpha value is -2.75. The van der Waals surface area contributed by atoms with E-state index in [2.05, 4.69) is 95.7 Å². The Morgan fingerprint density at radius 1 is 0.774 bits per heavy atom. The van der Waals surface area contributed by atoms with E-state index < -0.39 is 10.0 Å². The van der Waals surface area contributed by atoms with Gasteiger partial charge in [0.1, 0.15) is 12.4 Å². The monoisotopic (exact) mass is 867 g/mol. The Kier molecular flexibility index (Phi) is 23.8. The molecule has 0 spiro atoms. The second-order valence-electron chi connectivity index (χ2n) is 12.6. The minimum atomic E-state index is -3.71. The van der Waals surface area contributed by atoms with Crippen molar-refractivity contribution in [3.63, 3.8) is 0 Å². The highest BCUT2D eigenvalue weighted by molar-refractivity contribution is 14.1. The van der Waals surface area contributed by atoms with Gasteiger partial charge in [-0.15, -0.1) is 0 Å². The van der Waals surface area contributed by atoms with Crippen molar-refractivity contribution in [3.8, 4) is 5.75 Å². The molecule has 298 valence electrons. The van der Waals surface area contributed by atoms with E-state index in [0.29, 0.717) is 16.9 Å². The number of ether oxygens (including phenoxy) is 2. The van der Waals surface area contributed by atoms with Gasteiger partial charge in [0.25, 0.3) is 5.91 Å². The van der Waals surface area contributed by atoms with Gasteiger partial charge in [0, 0.05) is 52.2 Å². The molecule has 10 nitrogen and oxygen atoms in total. The lowest BCUT2D eigenvalue weighted by Gasteiger charge is -2.21. The van der Waals surface area contributed by atoms with Crippen LogP contribution in [0.3, 0.4) is 0 Å². The summed E-state index contributed by atoms with van der Waals surface area (Å²) in [6.45, 7) is 18.8. The lowest BCUT2D eigenvalue weighted by Crippen LogP contribution is -2.34. The zero-order chi connectivity index (χ0) is 40.0. The summed E-state index contributed by atoms with van der Waals surface area (Å²) < 4.78 is 38.3. The molecule has 3 aromatic rings. The highest BCUT2D eigenvalue weighted by Gasteiger charge is 2.25. The molecular formula is C41H66IN5O5S. The van der Waals surface area contributed by atoms with Crippen LogP contribution in [0, 0.1) is 13.8 Å². The van der Waals surface area contributed by atoms with Gasteiger partial charge >= 0.3 is 0 Å². The van der Waals surface area contributed by atoms with Gasteiger partial charge in [0.05, 0.1) is 18.6 Å². The minimum Gasteiger partial charge on any atom is -0.497 e. The molecule has 0 unspecified atom stereocenters. The number of benzene rings is 3. The molecule has 0 radical (unpaired) electrons. The summed E-state index contributed by atoms with van der Waals surface area (Å²) >= 11 is 2.15. The molecule has 0 heterocycles. The number of nitrogens with zero attached hydrogens (tertiary/aromatic N) is 4. The van der Waals surface area contributed by atoms with Crippen molar-refractivity contribution in [1.29, 1.82) is 0 Å². The fourth-order valence-corrected chi connectivity index (χ4v) is 7.32. The van der Waals surface area contributed by atoms with E-state index in [9.17, 15) is 13.2 Å². The number of amides is 1. The van der Waals surface area contributed by atoms with Gasteiger partial charge in [-0.1, -0.05) is 74.6 Å². The number of carbonyl (C=O) groups is 1. The number of anilines is 2. The summed E-state index contributed by atoms with van der Waals surface area (Å²) in [5.74, 6) is 0.426. The van der Waals surface area contributed by atoms with Gasteiger partial charge in [0.15, 0.2) is 0 Å². The number of halogens is 1. The summed E-state index contributed by atoms with van der Waals surface area (Å²) in [4.78, 5) is 21.3. The first kappa shape index (κ1) is 48.3. The summed E-state index contributed by atoms with van der Waals surface area (Å²) in [7, 11) is 3.04. The van der Waals surface area contributed by atoms with Gasteiger partial charge in [-0.3, -0.25) is 4.79 Å². The van der Waals surface area contributed by atoms with Crippen molar-refractivity contribution in [1.82, 2.24) is 14.1 Å². The average Bonchev–Trinajstić information content (AvgIpc) is 3.17. The number of likely N-dealkylation sites (N-methyl/N-ethyl adjacent to an activating group) is 4. The predicted molar refractivity (Wildman–Crippen MR) is 232 cm³/mol. The van der Waals surface area contributed by atoms with E-state index in [0.717, 1.165) is 57.8 Å². The Morgan fingerprint density at radius 2 is 1.28 bits per heavy atom. The Morgan fingerprint density at radius 3 is 1.77 bits per heavy atom. The van der Waals surface area contributed by atoms with Crippen LogP contribution in [0.4, 0.5) is 11.4 Å². The predicted octanol–water partition coefficient (Wildman–Crippen LogP) is 7.16. The SMILES string of the molecule is CCN(CC)CCc1cccc(N(C)C(=O)COCCN(C)S(=O)(=O)c2c(C)cc(OC)cc2C)c1.CCN(CC)CCc1cccc(NC)c1.CI. The van der Waals surface area contributed by atoms with Crippen molar-refractivity contribution in [2.24, 2.45) is 0 Å². The molecule has 0 saturated carbocycles. The first-order chi connectivity index (χ1) is 25.3. The molecule has 12 heteroatoms. The van der Waals surface area contributed by atoms with E-state index in [-0.39, 0.29) is 30.6 Å². The second-order valence-corrected chi connectivity index (χ2v) is 14.6. The molecule has 0 fully saturated rings. The highest BCUT2D eigenvalue weighted by Crippen LogP contribution is 2.27. The number of sulfonamides is 1. The summed E-state index contributed by atoms with van der Waals surface area (Å²) in [5, 5.41) is 3.17. The van der Waals surface area contributed by atoms with E-state index >= 15 is 0 Å². The maximum atomic E-state index is 13.1. The van der Waals surface area contributed by atoms with Crippen LogP contribution in [-0.2, 0) is 32.4 Å². The van der Waals surface area contributed by atoms with Crippen molar-refractivity contribution < 1.29 is 22.7 Å². The summed E-state index contributed by atoms with van der Waals surface area (Å²) in [5.41, 5.74) is 5.84. The molecule has 0 aliphatic carbocycles. The van der Waals surface area contributed by atoms with Gasteiger partial charge in [-0.05, 0) is 116 Å². The number of alkyl halides is 1. The summed E-state index contributed by atoms with van der Waals surface area (Å²) in [6.07, 6.45) is 2.05. The van der Waals surface area contributed by atoms with Gasteiger partial charge < -0.3 is 29.5 Å². The van der Waals surface area contributed by atoms with Crippen LogP contribution in [0.2, 0.25) is 0 Å². The molecule has 1 amide bonds. The smallest absolute Gasteiger partial charge is 0.252 e. The Bertz CT molecular complexity index is 1580. The Balaban J connectivity index is 0.000000687. The largest absolute Gasteiger partial charge is 0.497 e. The van der Waals surface area contributed by atoms with Crippen LogP contribution >= 0.6 is 22.6 Å². The average molecular weight is 868 g/mol. The number of aryl methyl sites for hydroxylation is 2. The third kappa shape index (κ3) is 16.3. The lowest BCUT2D eigenvalue weighted by molar-refractivity contribution is -0.122. The zero-order valence-corrected chi connectivity index (χ0v) is 37.1. The quantitative estimate of drug-likeness (QED) is 0.0728. The molecule has 0 bridgehead atoms. The van der Waals surface area contributed by atoms with Crippen molar-refractivity contribution >= 4 is 49.9 Å². The molecule has 3 aromatic carbocycles. The maximum Gasteiger partial charge on any atom is 0.252 e. The molecule has 1 N–H and O–H groups in total. The van der Waals surface area contributed by atoms with Crippen LogP contribution in [0.5, 0.6) is 5.75 Å². The normalized spacial score (nSPS) is 11.2. The molecule has 0 aromatic heterocycles. The Labute approximate surface area is 335 Å². The molecule has 53 heavy (non-hydrogen) atoms. The molecule has 0 saturated heterocycles. The molecule has 0 atom stereocenters. The molecule has 0 aliphatic rings. The number of rotatable bonds is 20. The second kappa shape index (κ2) is 26.1. The fourth-order valence-electron chi connectivity index (χ4n) is 5.76. The number of nitrogens with one attached hydrogen (secondary N) is 1. The molecule has 0 aliphatic heterocycles. The van der Waals surface area contributed by atoms with Crippen LogP contribution in [0.25, 0.3) is 0 Å². The minimum absolute atomic E-state index is 0.105. The highest BCUT2D eigenvalue weighted by atomic mass is 127. The van der Waals surface area contributed by atoms with E-state index in [1.54, 1.807) is 45.0 Å². The fraction of sp³-hybridized carbons (Fsp3) is 0.537. The first-order valence-electron chi connectivity index (χ1n) is 18.5. The van der Waals surface area contributed by atoms with Crippen LogP contribution in [0.1, 0.15) is 49.9 Å². The van der Waals surface area contributed by atoms with Crippen molar-refractivity contribution in [2.45, 2.75) is 59.3 Å². The third-order valence-electron chi connectivity index (χ3n) is 9.22. The van der Waals surface area contributed by atoms with E-state index in [1.807, 2.05) is 30.2 Å². The van der Waals surface area contributed by atoms with Gasteiger partial charge in [-0.2, -0.15) is 4.31 Å². The summed E-state index contributed by atoms with van der Waals surface area (Å²) in [6, 6.07) is 20.0. The van der Waals surface area contributed by atoms with Crippen molar-refractivity contribution in [3.05, 3.63) is 82.9 Å². The molecular weight excluding hydrogens is 801 g/mol. The standard InChI is InChI=1S/C27H41N3O5S.C13H22N2.CH3I/c1-8-30(9-2)14-13-23-11-10-12-24(19-23)29(6)26(31)20-35-16-15-28(5)36(32,33)27-21(3)17-25(34-7)18-22(27)4;1-4-15(5-2)10-9-12-7-6-8-13(11-12)14-3;1-2/h10-12,17-19H,8-9,13-16,20H2,1-7H3;6-8,11,14H,4-5,9-10H2,1-3H3;1H3. The third-order valence-corrected chi connectivity index (χ3v) is 11.4. The number of hydrogen-bond acceptors (Lipinski definition) is 8. The number of methoxy groups -OCH3 is 1.